The monoisotopic (exact) mass is 375 g/mol. The lowest BCUT2D eigenvalue weighted by Crippen LogP contribution is -2.17. The number of hydrogen-bond donors (Lipinski definition) is 0. The molecule has 0 unspecified atom stereocenters. The number of imidazole rings is 1. The minimum absolute atomic E-state index is 0.105. The van der Waals surface area contributed by atoms with Crippen LogP contribution in [0.1, 0.15) is 53.1 Å². The second kappa shape index (κ2) is 7.12. The summed E-state index contributed by atoms with van der Waals surface area (Å²) in [7, 11) is 4.22. The van der Waals surface area contributed by atoms with Gasteiger partial charge in [0.05, 0.1) is 11.0 Å². The van der Waals surface area contributed by atoms with Gasteiger partial charge < -0.3 is 9.13 Å². The van der Waals surface area contributed by atoms with E-state index < -0.39 is 0 Å². The van der Waals surface area contributed by atoms with E-state index in [1.54, 1.807) is 0 Å². The molecule has 0 bridgehead atoms. The molecule has 2 heterocycles. The van der Waals surface area contributed by atoms with Gasteiger partial charge in [-0.3, -0.25) is 0 Å². The van der Waals surface area contributed by atoms with Gasteiger partial charge in [-0.15, -0.1) is 0 Å². The van der Waals surface area contributed by atoms with Crippen LogP contribution in [-0.4, -0.2) is 14.1 Å². The molecule has 0 saturated carbocycles. The molecule has 0 spiro atoms. The Hall–Kier alpha value is -2.55. The molecule has 0 amide bonds. The van der Waals surface area contributed by atoms with Crippen molar-refractivity contribution < 1.29 is 0 Å². The van der Waals surface area contributed by atoms with Gasteiger partial charge in [0.1, 0.15) is 5.82 Å². The Morgan fingerprint density at radius 2 is 1.25 bits per heavy atom. The third-order valence-corrected chi connectivity index (χ3v) is 5.18. The molecule has 0 N–H and O–H groups in total. The van der Waals surface area contributed by atoms with Gasteiger partial charge in [-0.05, 0) is 29.7 Å². The first-order chi connectivity index (χ1) is 13.0. The molecule has 28 heavy (non-hydrogen) atoms. The second-order valence-corrected chi connectivity index (χ2v) is 9.63. The van der Waals surface area contributed by atoms with Crippen LogP contribution in [0.25, 0.3) is 21.9 Å². The summed E-state index contributed by atoms with van der Waals surface area (Å²) in [6.45, 7) is 13.3. The SMILES string of the molecule is Cn1c(C(C)(C)C)cc2ccccc21.Cn1c(C(C)(C)C)nc2ccccc21. The van der Waals surface area contributed by atoms with Gasteiger partial charge in [0.2, 0.25) is 0 Å². The predicted octanol–water partition coefficient (Wildman–Crippen LogP) is 6.35. The number of para-hydroxylation sites is 3. The summed E-state index contributed by atoms with van der Waals surface area (Å²) in [6.07, 6.45) is 0. The first-order valence-electron chi connectivity index (χ1n) is 9.97. The van der Waals surface area contributed by atoms with Crippen molar-refractivity contribution in [1.29, 1.82) is 0 Å². The third-order valence-electron chi connectivity index (χ3n) is 5.18. The van der Waals surface area contributed by atoms with Crippen molar-refractivity contribution in [2.45, 2.75) is 52.4 Å². The lowest BCUT2D eigenvalue weighted by atomic mass is 9.92. The molecule has 0 aliphatic carbocycles. The molecule has 0 saturated heterocycles. The minimum Gasteiger partial charge on any atom is -0.347 e. The van der Waals surface area contributed by atoms with Gasteiger partial charge in [0.15, 0.2) is 0 Å². The molecule has 0 radical (unpaired) electrons. The zero-order valence-corrected chi connectivity index (χ0v) is 18.5. The number of rotatable bonds is 0. The van der Waals surface area contributed by atoms with Crippen LogP contribution in [0.3, 0.4) is 0 Å². The van der Waals surface area contributed by atoms with E-state index in [1.807, 2.05) is 6.07 Å². The molecule has 2 aromatic carbocycles. The Kier molecular flexibility index (Phi) is 5.14. The average Bonchev–Trinajstić information content (AvgIpc) is 3.14. The van der Waals surface area contributed by atoms with Crippen molar-refractivity contribution in [3.63, 3.8) is 0 Å². The summed E-state index contributed by atoms with van der Waals surface area (Å²) in [5.41, 5.74) is 5.31. The molecule has 148 valence electrons. The fraction of sp³-hybridized carbons (Fsp3) is 0.400. The standard InChI is InChI=1S/C13H17N.C12H16N2/c1-13(2,3)12-9-10-7-5-6-8-11(10)14(12)4;1-12(2,3)11-13-9-7-5-6-8-10(9)14(11)4/h5-9H,1-4H3;5-8H,1-4H3. The van der Waals surface area contributed by atoms with Crippen LogP contribution < -0.4 is 0 Å². The first-order valence-corrected chi connectivity index (χ1v) is 9.97. The number of hydrogen-bond acceptors (Lipinski definition) is 1. The Morgan fingerprint density at radius 1 is 0.679 bits per heavy atom. The Morgan fingerprint density at radius 3 is 1.79 bits per heavy atom. The number of aromatic nitrogens is 3. The quantitative estimate of drug-likeness (QED) is 0.351. The molecule has 0 atom stereocenters. The van der Waals surface area contributed by atoms with E-state index in [2.05, 4.69) is 118 Å². The summed E-state index contributed by atoms with van der Waals surface area (Å²) < 4.78 is 4.46. The average molecular weight is 376 g/mol. The van der Waals surface area contributed by atoms with Crippen LogP contribution in [-0.2, 0) is 24.9 Å². The Bertz CT molecular complexity index is 1010. The van der Waals surface area contributed by atoms with Gasteiger partial charge in [-0.2, -0.15) is 0 Å². The number of aryl methyl sites for hydroxylation is 2. The summed E-state index contributed by atoms with van der Waals surface area (Å²) in [5, 5.41) is 1.33. The second-order valence-electron chi connectivity index (χ2n) is 9.63. The van der Waals surface area contributed by atoms with Crippen molar-refractivity contribution in [1.82, 2.24) is 14.1 Å². The molecule has 4 aromatic rings. The van der Waals surface area contributed by atoms with E-state index in [0.717, 1.165) is 11.3 Å². The lowest BCUT2D eigenvalue weighted by molar-refractivity contribution is 0.526. The Labute approximate surface area is 169 Å². The molecule has 2 aromatic heterocycles. The summed E-state index contributed by atoms with van der Waals surface area (Å²) in [4.78, 5) is 4.65. The highest BCUT2D eigenvalue weighted by molar-refractivity contribution is 5.81. The molecule has 0 fully saturated rings. The highest BCUT2D eigenvalue weighted by Gasteiger charge is 2.20. The van der Waals surface area contributed by atoms with Gasteiger partial charge in [0.25, 0.3) is 0 Å². The number of nitrogens with zero attached hydrogens (tertiary/aromatic N) is 3. The molecule has 4 rings (SSSR count). The molecule has 3 heteroatoms. The zero-order chi connectivity index (χ0) is 20.7. The van der Waals surface area contributed by atoms with Gasteiger partial charge in [-0.1, -0.05) is 71.9 Å². The molecular formula is C25H33N3. The van der Waals surface area contributed by atoms with Gasteiger partial charge in [-0.25, -0.2) is 4.98 Å². The zero-order valence-electron chi connectivity index (χ0n) is 18.5. The van der Waals surface area contributed by atoms with E-state index in [-0.39, 0.29) is 10.8 Å². The van der Waals surface area contributed by atoms with Crippen molar-refractivity contribution in [2.75, 3.05) is 0 Å². The largest absolute Gasteiger partial charge is 0.347 e. The highest BCUT2D eigenvalue weighted by atomic mass is 15.1. The fourth-order valence-corrected chi connectivity index (χ4v) is 3.82. The van der Waals surface area contributed by atoms with Crippen LogP contribution in [0.2, 0.25) is 0 Å². The minimum atomic E-state index is 0.105. The maximum atomic E-state index is 4.65. The van der Waals surface area contributed by atoms with E-state index >= 15 is 0 Å². The molecule has 3 nitrogen and oxygen atoms in total. The van der Waals surface area contributed by atoms with Crippen LogP contribution >= 0.6 is 0 Å². The predicted molar refractivity (Wildman–Crippen MR) is 121 cm³/mol. The smallest absolute Gasteiger partial charge is 0.115 e. The van der Waals surface area contributed by atoms with Gasteiger partial charge in [0, 0.05) is 36.1 Å². The van der Waals surface area contributed by atoms with Crippen LogP contribution in [0.15, 0.2) is 54.6 Å². The fourth-order valence-electron chi connectivity index (χ4n) is 3.82. The summed E-state index contributed by atoms with van der Waals surface area (Å²) in [5.74, 6) is 1.14. The summed E-state index contributed by atoms with van der Waals surface area (Å²) >= 11 is 0. The number of fused-ring (bicyclic) bond motifs is 2. The van der Waals surface area contributed by atoms with Crippen LogP contribution in [0.4, 0.5) is 0 Å². The maximum Gasteiger partial charge on any atom is 0.115 e. The molecule has 0 aliphatic rings. The first kappa shape index (κ1) is 20.2. The van der Waals surface area contributed by atoms with Crippen LogP contribution in [0.5, 0.6) is 0 Å². The van der Waals surface area contributed by atoms with Crippen molar-refractivity contribution in [3.8, 4) is 0 Å². The molecule has 0 aliphatic heterocycles. The van der Waals surface area contributed by atoms with E-state index in [4.69, 9.17) is 0 Å². The normalized spacial score (nSPS) is 12.3. The van der Waals surface area contributed by atoms with Crippen molar-refractivity contribution in [2.24, 2.45) is 14.1 Å². The van der Waals surface area contributed by atoms with Gasteiger partial charge >= 0.3 is 0 Å². The van der Waals surface area contributed by atoms with Crippen molar-refractivity contribution in [3.05, 3.63) is 66.1 Å². The highest BCUT2D eigenvalue weighted by Crippen LogP contribution is 2.28. The van der Waals surface area contributed by atoms with Crippen LogP contribution in [0, 0.1) is 0 Å². The summed E-state index contributed by atoms with van der Waals surface area (Å²) in [6, 6.07) is 19.1. The van der Waals surface area contributed by atoms with E-state index in [9.17, 15) is 0 Å². The third kappa shape index (κ3) is 3.84. The maximum absolute atomic E-state index is 4.65. The lowest BCUT2D eigenvalue weighted by Gasteiger charge is -2.19. The molecular weight excluding hydrogens is 342 g/mol. The van der Waals surface area contributed by atoms with Crippen molar-refractivity contribution >= 4 is 21.9 Å². The Balaban J connectivity index is 0.000000161. The number of benzene rings is 2. The van der Waals surface area contributed by atoms with E-state index in [0.29, 0.717) is 0 Å². The van der Waals surface area contributed by atoms with E-state index in [1.165, 1.54) is 22.1 Å². The topological polar surface area (TPSA) is 22.8 Å².